The first-order chi connectivity index (χ1) is 10.1. The average molecular weight is 280 g/mol. The molecule has 3 aromatic rings. The number of benzene rings is 1. The summed E-state index contributed by atoms with van der Waals surface area (Å²) >= 11 is 0. The maximum Gasteiger partial charge on any atom is 0.271 e. The summed E-state index contributed by atoms with van der Waals surface area (Å²) in [6.07, 6.45) is 3.34. The van der Waals surface area contributed by atoms with Crippen LogP contribution < -0.4 is 0 Å². The number of fused-ring (bicyclic) bond motifs is 1. The third-order valence-electron chi connectivity index (χ3n) is 3.37. The smallest absolute Gasteiger partial charge is 0.271 e. The second kappa shape index (κ2) is 5.36. The van der Waals surface area contributed by atoms with Gasteiger partial charge in [0.15, 0.2) is 0 Å². The van der Waals surface area contributed by atoms with E-state index < -0.39 is 0 Å². The Morgan fingerprint density at radius 2 is 2.14 bits per heavy atom. The van der Waals surface area contributed by atoms with Gasteiger partial charge in [-0.1, -0.05) is 12.1 Å². The zero-order valence-corrected chi connectivity index (χ0v) is 12.0. The third-order valence-corrected chi connectivity index (χ3v) is 3.37. The third kappa shape index (κ3) is 2.76. The van der Waals surface area contributed by atoms with Crippen molar-refractivity contribution in [3.05, 3.63) is 59.8 Å². The van der Waals surface area contributed by atoms with Crippen molar-refractivity contribution in [1.29, 1.82) is 0 Å². The molecule has 0 atom stereocenters. The second-order valence-electron chi connectivity index (χ2n) is 5.07. The van der Waals surface area contributed by atoms with E-state index in [0.717, 1.165) is 22.3 Å². The monoisotopic (exact) mass is 280 g/mol. The zero-order valence-electron chi connectivity index (χ0n) is 12.0. The number of aryl methyl sites for hydroxylation is 1. The number of aromatic amines is 1. The van der Waals surface area contributed by atoms with E-state index in [2.05, 4.69) is 21.0 Å². The molecular formula is C16H16N4O. The lowest BCUT2D eigenvalue weighted by molar-refractivity contribution is 0.0780. The van der Waals surface area contributed by atoms with E-state index >= 15 is 0 Å². The lowest BCUT2D eigenvalue weighted by Crippen LogP contribution is -2.26. The fourth-order valence-electron chi connectivity index (χ4n) is 2.30. The molecule has 0 aliphatic heterocycles. The van der Waals surface area contributed by atoms with E-state index in [0.29, 0.717) is 12.2 Å². The summed E-state index contributed by atoms with van der Waals surface area (Å²) in [6, 6.07) is 9.96. The van der Waals surface area contributed by atoms with E-state index in [1.165, 1.54) is 0 Å². The van der Waals surface area contributed by atoms with Crippen LogP contribution in [-0.4, -0.2) is 32.8 Å². The number of carbonyl (C=O) groups is 1. The summed E-state index contributed by atoms with van der Waals surface area (Å²) in [6.45, 7) is 2.37. The van der Waals surface area contributed by atoms with E-state index in [9.17, 15) is 4.79 Å². The summed E-state index contributed by atoms with van der Waals surface area (Å²) in [5, 5.41) is 1.08. The largest absolute Gasteiger partial charge is 0.338 e. The first-order valence-electron chi connectivity index (χ1n) is 6.74. The summed E-state index contributed by atoms with van der Waals surface area (Å²) in [5.41, 5.74) is 2.54. The van der Waals surface area contributed by atoms with Crippen molar-refractivity contribution < 1.29 is 4.79 Å². The van der Waals surface area contributed by atoms with Crippen LogP contribution in [0.15, 0.2) is 42.7 Å². The van der Waals surface area contributed by atoms with E-state index in [4.69, 9.17) is 0 Å². The molecule has 0 aliphatic rings. The minimum absolute atomic E-state index is 0.0677. The molecule has 0 aliphatic carbocycles. The zero-order chi connectivity index (χ0) is 14.8. The molecule has 0 saturated heterocycles. The van der Waals surface area contributed by atoms with Crippen LogP contribution in [0.1, 0.15) is 21.9 Å². The number of hydrogen-bond acceptors (Lipinski definition) is 3. The first kappa shape index (κ1) is 13.3. The van der Waals surface area contributed by atoms with Crippen LogP contribution in [0.3, 0.4) is 0 Å². The van der Waals surface area contributed by atoms with Crippen LogP contribution >= 0.6 is 0 Å². The molecule has 1 aromatic carbocycles. The second-order valence-corrected chi connectivity index (χ2v) is 5.07. The topological polar surface area (TPSA) is 61.9 Å². The van der Waals surface area contributed by atoms with Crippen molar-refractivity contribution in [3.8, 4) is 0 Å². The van der Waals surface area contributed by atoms with Gasteiger partial charge in [0, 0.05) is 25.2 Å². The van der Waals surface area contributed by atoms with Crippen molar-refractivity contribution in [2.45, 2.75) is 13.5 Å². The minimum Gasteiger partial charge on any atom is -0.338 e. The summed E-state index contributed by atoms with van der Waals surface area (Å²) < 4.78 is 0. The van der Waals surface area contributed by atoms with Gasteiger partial charge in [-0.3, -0.25) is 9.78 Å². The van der Waals surface area contributed by atoms with Gasteiger partial charge in [0.1, 0.15) is 11.5 Å². The van der Waals surface area contributed by atoms with Gasteiger partial charge in [0.2, 0.25) is 0 Å². The molecule has 0 fully saturated rings. The predicted octanol–water partition coefficient (Wildman–Crippen LogP) is 2.54. The molecule has 5 heteroatoms. The molecule has 5 nitrogen and oxygen atoms in total. The highest BCUT2D eigenvalue weighted by Crippen LogP contribution is 2.15. The Balaban J connectivity index is 1.79. The molecular weight excluding hydrogens is 264 g/mol. The highest BCUT2D eigenvalue weighted by molar-refractivity contribution is 5.92. The quantitative estimate of drug-likeness (QED) is 0.802. The molecule has 2 aromatic heterocycles. The summed E-state index contributed by atoms with van der Waals surface area (Å²) in [7, 11) is 1.78. The van der Waals surface area contributed by atoms with Crippen LogP contribution in [0.5, 0.6) is 0 Å². The molecule has 3 rings (SSSR count). The highest BCUT2D eigenvalue weighted by atomic mass is 16.2. The van der Waals surface area contributed by atoms with Gasteiger partial charge < -0.3 is 9.88 Å². The fraction of sp³-hybridized carbons (Fsp3) is 0.188. The fourth-order valence-corrected chi connectivity index (χ4v) is 2.30. The van der Waals surface area contributed by atoms with E-state index in [-0.39, 0.29) is 5.91 Å². The number of nitrogens with zero attached hydrogens (tertiary/aromatic N) is 3. The molecule has 106 valence electrons. The maximum absolute atomic E-state index is 12.3. The average Bonchev–Trinajstić information content (AvgIpc) is 2.93. The SMILES string of the molecule is Cc1ncc(C(=O)N(C)Cc2ccc3ncccc3c2)[nH]1. The Morgan fingerprint density at radius 1 is 1.29 bits per heavy atom. The first-order valence-corrected chi connectivity index (χ1v) is 6.74. The standard InChI is InChI=1S/C16H16N4O/c1-11-18-9-15(19-11)16(21)20(2)10-12-5-6-14-13(8-12)4-3-7-17-14/h3-9H,10H2,1-2H3,(H,18,19). The Hall–Kier alpha value is -2.69. The molecule has 0 saturated carbocycles. The number of amides is 1. The molecule has 0 spiro atoms. The van der Waals surface area contributed by atoms with Crippen molar-refractivity contribution in [1.82, 2.24) is 19.9 Å². The number of hydrogen-bond donors (Lipinski definition) is 1. The Labute approximate surface area is 122 Å². The summed E-state index contributed by atoms with van der Waals surface area (Å²) in [4.78, 5) is 25.2. The number of nitrogens with one attached hydrogen (secondary N) is 1. The molecule has 1 N–H and O–H groups in total. The molecule has 1 amide bonds. The molecule has 0 radical (unpaired) electrons. The summed E-state index contributed by atoms with van der Waals surface area (Å²) in [5.74, 6) is 0.672. The van der Waals surface area contributed by atoms with Crippen LogP contribution in [-0.2, 0) is 6.54 Å². The number of carbonyl (C=O) groups excluding carboxylic acids is 1. The predicted molar refractivity (Wildman–Crippen MR) is 80.9 cm³/mol. The Kier molecular flexibility index (Phi) is 3.39. The van der Waals surface area contributed by atoms with Gasteiger partial charge in [-0.05, 0) is 30.7 Å². The molecule has 2 heterocycles. The van der Waals surface area contributed by atoms with Crippen molar-refractivity contribution in [2.24, 2.45) is 0 Å². The van der Waals surface area contributed by atoms with Gasteiger partial charge in [-0.15, -0.1) is 0 Å². The Bertz CT molecular complexity index is 794. The van der Waals surface area contributed by atoms with Crippen LogP contribution in [0.25, 0.3) is 10.9 Å². The molecule has 21 heavy (non-hydrogen) atoms. The van der Waals surface area contributed by atoms with E-state index in [1.807, 2.05) is 31.2 Å². The van der Waals surface area contributed by atoms with Crippen molar-refractivity contribution >= 4 is 16.8 Å². The van der Waals surface area contributed by atoms with Crippen LogP contribution in [0.2, 0.25) is 0 Å². The van der Waals surface area contributed by atoms with Gasteiger partial charge in [0.25, 0.3) is 5.91 Å². The van der Waals surface area contributed by atoms with Gasteiger partial charge in [0.05, 0.1) is 11.7 Å². The van der Waals surface area contributed by atoms with Crippen LogP contribution in [0.4, 0.5) is 0 Å². The highest BCUT2D eigenvalue weighted by Gasteiger charge is 2.14. The van der Waals surface area contributed by atoms with Crippen molar-refractivity contribution in [2.75, 3.05) is 7.05 Å². The lowest BCUT2D eigenvalue weighted by Gasteiger charge is -2.16. The van der Waals surface area contributed by atoms with Crippen LogP contribution in [0, 0.1) is 6.92 Å². The normalized spacial score (nSPS) is 10.8. The Morgan fingerprint density at radius 3 is 2.90 bits per heavy atom. The molecule has 0 unspecified atom stereocenters. The van der Waals surface area contributed by atoms with E-state index in [1.54, 1.807) is 24.3 Å². The van der Waals surface area contributed by atoms with Gasteiger partial charge in [-0.2, -0.15) is 0 Å². The number of pyridine rings is 1. The number of imidazole rings is 1. The number of H-pyrrole nitrogens is 1. The van der Waals surface area contributed by atoms with Gasteiger partial charge in [-0.25, -0.2) is 4.98 Å². The number of rotatable bonds is 3. The molecule has 0 bridgehead atoms. The van der Waals surface area contributed by atoms with Crippen molar-refractivity contribution in [3.63, 3.8) is 0 Å². The van der Waals surface area contributed by atoms with Gasteiger partial charge >= 0.3 is 0 Å². The lowest BCUT2D eigenvalue weighted by atomic mass is 10.1. The minimum atomic E-state index is -0.0677. The number of aromatic nitrogens is 3. The maximum atomic E-state index is 12.3.